The predicted octanol–water partition coefficient (Wildman–Crippen LogP) is 7.12. The van der Waals surface area contributed by atoms with Crippen LogP contribution < -0.4 is 0 Å². The molecule has 0 saturated heterocycles. The molecule has 0 atom stereocenters. The monoisotopic (exact) mass is 430 g/mol. The van der Waals surface area contributed by atoms with E-state index in [1.54, 1.807) is 0 Å². The molecule has 3 aromatic rings. The van der Waals surface area contributed by atoms with Crippen LogP contribution in [0.3, 0.4) is 0 Å². The molecule has 1 aromatic heterocycles. The number of nitrogens with zero attached hydrogens (tertiary/aromatic N) is 2. The number of benzene rings is 2. The Morgan fingerprint density at radius 2 is 1.22 bits per heavy atom. The minimum atomic E-state index is -0.701. The zero-order chi connectivity index (χ0) is 22.6. The quantitative estimate of drug-likeness (QED) is 0.293. The van der Waals surface area contributed by atoms with Crippen LogP contribution in [0.2, 0.25) is 0 Å². The van der Waals surface area contributed by atoms with Crippen LogP contribution in [-0.2, 0) is 17.6 Å². The van der Waals surface area contributed by atoms with Crippen molar-refractivity contribution in [2.75, 3.05) is 0 Å². The van der Waals surface area contributed by atoms with Crippen molar-refractivity contribution in [1.82, 2.24) is 9.97 Å². The Hall–Kier alpha value is -3.01. The first-order valence-corrected chi connectivity index (χ1v) is 11.9. The molecule has 1 N–H and O–H groups in total. The molecule has 0 unspecified atom stereocenters. The summed E-state index contributed by atoms with van der Waals surface area (Å²) in [5.41, 5.74) is 5.87. The van der Waals surface area contributed by atoms with Gasteiger partial charge in [0.1, 0.15) is 0 Å². The Morgan fingerprint density at radius 1 is 0.688 bits per heavy atom. The van der Waals surface area contributed by atoms with Crippen LogP contribution >= 0.6 is 0 Å². The Bertz CT molecular complexity index is 948. The summed E-state index contributed by atoms with van der Waals surface area (Å²) in [5, 5.41) is 8.68. The average molecular weight is 431 g/mol. The van der Waals surface area contributed by atoms with Crippen molar-refractivity contribution in [3.05, 3.63) is 72.1 Å². The maximum atomic E-state index is 10.5. The molecule has 0 aliphatic heterocycles. The van der Waals surface area contributed by atoms with E-state index in [0.29, 0.717) is 0 Å². The molecule has 1 heterocycles. The molecule has 0 spiro atoms. The number of rotatable bonds is 13. The molecule has 0 fully saturated rings. The van der Waals surface area contributed by atoms with Gasteiger partial charge in [-0.1, -0.05) is 81.1 Å². The maximum absolute atomic E-state index is 10.5. The summed E-state index contributed by atoms with van der Waals surface area (Å²) in [6.45, 7) is 2.23. The Kier molecular flexibility index (Phi) is 9.42. The molecular weight excluding hydrogens is 396 g/mol. The van der Waals surface area contributed by atoms with Crippen LogP contribution in [0.1, 0.15) is 69.4 Å². The van der Waals surface area contributed by atoms with Crippen molar-refractivity contribution in [2.24, 2.45) is 0 Å². The average Bonchev–Trinajstić information content (AvgIpc) is 2.82. The fraction of sp³-hybridized carbons (Fsp3) is 0.393. The number of unbranched alkanes of at least 4 members (excludes halogenated alkanes) is 5. The van der Waals surface area contributed by atoms with Crippen molar-refractivity contribution in [1.29, 1.82) is 0 Å². The summed E-state index contributed by atoms with van der Waals surface area (Å²) in [7, 11) is 0. The zero-order valence-corrected chi connectivity index (χ0v) is 19.1. The van der Waals surface area contributed by atoms with E-state index in [2.05, 4.69) is 65.4 Å². The van der Waals surface area contributed by atoms with Crippen LogP contribution in [0.5, 0.6) is 0 Å². The van der Waals surface area contributed by atoms with Crippen LogP contribution in [0.25, 0.3) is 22.5 Å². The number of hydrogen-bond donors (Lipinski definition) is 1. The fourth-order valence-corrected chi connectivity index (χ4v) is 3.85. The highest BCUT2D eigenvalue weighted by atomic mass is 16.4. The molecule has 32 heavy (non-hydrogen) atoms. The summed E-state index contributed by atoms with van der Waals surface area (Å²) in [5.74, 6) is 0.0571. The van der Waals surface area contributed by atoms with Gasteiger partial charge in [-0.15, -0.1) is 0 Å². The highest BCUT2D eigenvalue weighted by Crippen LogP contribution is 2.22. The summed E-state index contributed by atoms with van der Waals surface area (Å²) < 4.78 is 0. The van der Waals surface area contributed by atoms with Crippen molar-refractivity contribution in [3.63, 3.8) is 0 Å². The van der Waals surface area contributed by atoms with E-state index >= 15 is 0 Å². The van der Waals surface area contributed by atoms with E-state index in [4.69, 9.17) is 5.11 Å². The van der Waals surface area contributed by atoms with Crippen LogP contribution in [0.4, 0.5) is 0 Å². The fourth-order valence-electron chi connectivity index (χ4n) is 3.85. The molecule has 0 amide bonds. The standard InChI is InChI=1S/C28H34N2O2/c1-2-3-6-9-22-14-18-25(19-15-22)28-29-20-26(21-30-28)24-16-12-23(13-17-24)10-7-4-5-8-11-27(31)32/h12-21H,2-11H2,1H3,(H,31,32). The highest BCUT2D eigenvalue weighted by molar-refractivity contribution is 5.66. The lowest BCUT2D eigenvalue weighted by Gasteiger charge is -2.06. The number of carboxylic acids is 1. The normalized spacial score (nSPS) is 10.9. The lowest BCUT2D eigenvalue weighted by Crippen LogP contribution is -1.94. The number of hydrogen-bond acceptors (Lipinski definition) is 3. The van der Waals surface area contributed by atoms with Crippen LogP contribution in [0, 0.1) is 0 Å². The topological polar surface area (TPSA) is 63.1 Å². The first kappa shape index (κ1) is 23.6. The van der Waals surface area contributed by atoms with Gasteiger partial charge in [0.25, 0.3) is 0 Å². The molecule has 4 nitrogen and oxygen atoms in total. The first-order chi connectivity index (χ1) is 15.7. The first-order valence-electron chi connectivity index (χ1n) is 11.9. The third-order valence-corrected chi connectivity index (χ3v) is 5.83. The van der Waals surface area contributed by atoms with Crippen molar-refractivity contribution < 1.29 is 9.90 Å². The molecule has 3 rings (SSSR count). The molecule has 2 aromatic carbocycles. The maximum Gasteiger partial charge on any atom is 0.303 e. The lowest BCUT2D eigenvalue weighted by atomic mass is 10.0. The highest BCUT2D eigenvalue weighted by Gasteiger charge is 2.05. The van der Waals surface area contributed by atoms with Gasteiger partial charge in [-0.2, -0.15) is 0 Å². The smallest absolute Gasteiger partial charge is 0.303 e. The van der Waals surface area contributed by atoms with Crippen LogP contribution in [0.15, 0.2) is 60.9 Å². The number of aryl methyl sites for hydroxylation is 2. The van der Waals surface area contributed by atoms with E-state index in [9.17, 15) is 4.79 Å². The molecule has 0 radical (unpaired) electrons. The second kappa shape index (κ2) is 12.7. The molecular formula is C28H34N2O2. The number of aromatic nitrogens is 2. The number of carboxylic acid groups (broad SMARTS) is 1. The zero-order valence-electron chi connectivity index (χ0n) is 19.1. The number of carbonyl (C=O) groups is 1. The van der Waals surface area contributed by atoms with E-state index in [0.717, 1.165) is 61.0 Å². The van der Waals surface area contributed by atoms with Gasteiger partial charge < -0.3 is 5.11 Å². The Balaban J connectivity index is 1.50. The second-order valence-electron chi connectivity index (χ2n) is 8.45. The van der Waals surface area contributed by atoms with Gasteiger partial charge in [0.05, 0.1) is 0 Å². The molecule has 0 bridgehead atoms. The van der Waals surface area contributed by atoms with Gasteiger partial charge in [-0.25, -0.2) is 9.97 Å². The number of aliphatic carboxylic acids is 1. The second-order valence-corrected chi connectivity index (χ2v) is 8.45. The van der Waals surface area contributed by atoms with E-state index < -0.39 is 5.97 Å². The lowest BCUT2D eigenvalue weighted by molar-refractivity contribution is -0.137. The van der Waals surface area contributed by atoms with E-state index in [1.165, 1.54) is 30.4 Å². The Morgan fingerprint density at radius 3 is 1.78 bits per heavy atom. The largest absolute Gasteiger partial charge is 0.481 e. The molecule has 0 aliphatic carbocycles. The van der Waals surface area contributed by atoms with Gasteiger partial charge in [0.2, 0.25) is 0 Å². The molecule has 168 valence electrons. The van der Waals surface area contributed by atoms with E-state index in [1.807, 2.05) is 12.4 Å². The SMILES string of the molecule is CCCCCc1ccc(-c2ncc(-c3ccc(CCCCCCC(=O)O)cc3)cn2)cc1. The van der Waals surface area contributed by atoms with Crippen molar-refractivity contribution >= 4 is 5.97 Å². The summed E-state index contributed by atoms with van der Waals surface area (Å²) in [6.07, 6.45) is 13.9. The third-order valence-electron chi connectivity index (χ3n) is 5.83. The van der Waals surface area contributed by atoms with Crippen molar-refractivity contribution in [2.45, 2.75) is 71.1 Å². The summed E-state index contributed by atoms with van der Waals surface area (Å²) in [6, 6.07) is 17.2. The third kappa shape index (κ3) is 7.60. The minimum absolute atomic E-state index is 0.278. The van der Waals surface area contributed by atoms with Gasteiger partial charge in [-0.3, -0.25) is 4.79 Å². The summed E-state index contributed by atoms with van der Waals surface area (Å²) in [4.78, 5) is 19.7. The van der Waals surface area contributed by atoms with Gasteiger partial charge in [0.15, 0.2) is 5.82 Å². The summed E-state index contributed by atoms with van der Waals surface area (Å²) >= 11 is 0. The molecule has 0 aliphatic rings. The van der Waals surface area contributed by atoms with Gasteiger partial charge in [0, 0.05) is 29.9 Å². The molecule has 4 heteroatoms. The van der Waals surface area contributed by atoms with Crippen LogP contribution in [-0.4, -0.2) is 21.0 Å². The predicted molar refractivity (Wildman–Crippen MR) is 131 cm³/mol. The van der Waals surface area contributed by atoms with Gasteiger partial charge in [-0.05, 0) is 48.8 Å². The minimum Gasteiger partial charge on any atom is -0.481 e. The molecule has 0 saturated carbocycles. The van der Waals surface area contributed by atoms with E-state index in [-0.39, 0.29) is 6.42 Å². The Labute approximate surface area is 191 Å². The van der Waals surface area contributed by atoms with Gasteiger partial charge >= 0.3 is 5.97 Å². The van der Waals surface area contributed by atoms with Crippen molar-refractivity contribution in [3.8, 4) is 22.5 Å².